The van der Waals surface area contributed by atoms with E-state index in [0.29, 0.717) is 5.75 Å². The Morgan fingerprint density at radius 3 is 2.91 bits per heavy atom. The second-order valence-electron chi connectivity index (χ2n) is 5.90. The van der Waals surface area contributed by atoms with Crippen LogP contribution in [0.15, 0.2) is 18.2 Å². The molecule has 0 spiro atoms. The molecule has 1 atom stereocenters. The number of aromatic hydroxyl groups is 1. The van der Waals surface area contributed by atoms with E-state index >= 15 is 0 Å². The number of thiophene rings is 1. The van der Waals surface area contributed by atoms with Crippen molar-refractivity contribution in [2.45, 2.75) is 31.8 Å². The van der Waals surface area contributed by atoms with Crippen molar-refractivity contribution in [2.75, 3.05) is 12.4 Å². The van der Waals surface area contributed by atoms with Crippen LogP contribution in [0.5, 0.6) is 11.5 Å². The number of anilines is 1. The zero-order valence-electron chi connectivity index (χ0n) is 12.8. The molecular weight excluding hydrogens is 312 g/mol. The van der Waals surface area contributed by atoms with Crippen LogP contribution in [0.25, 0.3) is 0 Å². The van der Waals surface area contributed by atoms with Gasteiger partial charge >= 0.3 is 0 Å². The molecule has 120 valence electrons. The molecule has 0 saturated heterocycles. The molecule has 2 aliphatic rings. The first-order valence-corrected chi connectivity index (χ1v) is 8.58. The first-order chi connectivity index (χ1) is 11.2. The first kappa shape index (κ1) is 14.4. The molecule has 2 heterocycles. The number of carbonyl (C=O) groups is 1. The predicted molar refractivity (Wildman–Crippen MR) is 89.4 cm³/mol. The third-order valence-corrected chi connectivity index (χ3v) is 5.71. The van der Waals surface area contributed by atoms with Crippen LogP contribution in [0.3, 0.4) is 0 Å². The van der Waals surface area contributed by atoms with Crippen LogP contribution in [-0.2, 0) is 12.8 Å². The molecule has 2 aromatic rings. The first-order valence-electron chi connectivity index (χ1n) is 7.76. The Hall–Kier alpha value is -2.21. The highest BCUT2D eigenvalue weighted by atomic mass is 32.1. The highest BCUT2D eigenvalue weighted by Gasteiger charge is 2.32. The molecule has 1 unspecified atom stereocenters. The van der Waals surface area contributed by atoms with Gasteiger partial charge in [0, 0.05) is 4.88 Å². The van der Waals surface area contributed by atoms with E-state index in [1.807, 2.05) is 0 Å². The van der Waals surface area contributed by atoms with Crippen LogP contribution < -0.4 is 15.4 Å². The van der Waals surface area contributed by atoms with E-state index in [0.717, 1.165) is 35.4 Å². The summed E-state index contributed by atoms with van der Waals surface area (Å²) in [4.78, 5) is 13.9. The second kappa shape index (κ2) is 5.45. The summed E-state index contributed by atoms with van der Waals surface area (Å²) in [7, 11) is 1.51. The summed E-state index contributed by atoms with van der Waals surface area (Å²) >= 11 is 1.70. The molecule has 1 aliphatic heterocycles. The Balaban J connectivity index is 1.70. The van der Waals surface area contributed by atoms with E-state index in [9.17, 15) is 9.90 Å². The summed E-state index contributed by atoms with van der Waals surface area (Å²) in [6.45, 7) is 0. The van der Waals surface area contributed by atoms with E-state index in [4.69, 9.17) is 4.74 Å². The fourth-order valence-corrected chi connectivity index (χ4v) is 4.63. The zero-order chi connectivity index (χ0) is 16.0. The molecule has 1 aliphatic carbocycles. The number of methoxy groups -OCH3 is 1. The Labute approximate surface area is 138 Å². The van der Waals surface area contributed by atoms with Gasteiger partial charge in [0.15, 0.2) is 11.5 Å². The average Bonchev–Trinajstić information content (AvgIpc) is 2.94. The molecule has 0 radical (unpaired) electrons. The van der Waals surface area contributed by atoms with Gasteiger partial charge in [-0.25, -0.2) is 0 Å². The Morgan fingerprint density at radius 2 is 2.09 bits per heavy atom. The monoisotopic (exact) mass is 330 g/mol. The smallest absolute Gasteiger partial charge is 0.256 e. The van der Waals surface area contributed by atoms with Gasteiger partial charge in [-0.15, -0.1) is 11.3 Å². The van der Waals surface area contributed by atoms with Crippen molar-refractivity contribution in [1.82, 2.24) is 5.32 Å². The molecule has 0 fully saturated rings. The lowest BCUT2D eigenvalue weighted by Gasteiger charge is -2.27. The van der Waals surface area contributed by atoms with E-state index in [-0.39, 0.29) is 17.8 Å². The average molecular weight is 330 g/mol. The van der Waals surface area contributed by atoms with Gasteiger partial charge in [-0.05, 0) is 48.9 Å². The van der Waals surface area contributed by atoms with Crippen LogP contribution in [0.4, 0.5) is 5.00 Å². The fraction of sp³-hybridized carbons (Fsp3) is 0.353. The SMILES string of the molecule is COc1cc(C2NC(=O)c3c(sc4c3CCCC4)N2)ccc1O. The summed E-state index contributed by atoms with van der Waals surface area (Å²) in [6, 6.07) is 5.11. The largest absolute Gasteiger partial charge is 0.504 e. The molecule has 1 aromatic heterocycles. The van der Waals surface area contributed by atoms with Crippen molar-refractivity contribution in [3.05, 3.63) is 39.8 Å². The molecule has 0 saturated carbocycles. The number of aryl methyl sites for hydroxylation is 1. The quantitative estimate of drug-likeness (QED) is 0.791. The van der Waals surface area contributed by atoms with Crippen molar-refractivity contribution in [3.8, 4) is 11.5 Å². The van der Waals surface area contributed by atoms with E-state index in [2.05, 4.69) is 10.6 Å². The maximum absolute atomic E-state index is 12.6. The maximum atomic E-state index is 12.6. The van der Waals surface area contributed by atoms with Crippen molar-refractivity contribution >= 4 is 22.2 Å². The minimum absolute atomic E-state index is 0.0183. The Bertz CT molecular complexity index is 784. The van der Waals surface area contributed by atoms with Crippen LogP contribution in [-0.4, -0.2) is 18.1 Å². The maximum Gasteiger partial charge on any atom is 0.256 e. The minimum Gasteiger partial charge on any atom is -0.504 e. The predicted octanol–water partition coefficient (Wildman–Crippen LogP) is 3.20. The fourth-order valence-electron chi connectivity index (χ4n) is 3.32. The summed E-state index contributed by atoms with van der Waals surface area (Å²) in [6.07, 6.45) is 4.10. The summed E-state index contributed by atoms with van der Waals surface area (Å²) in [5.41, 5.74) is 2.90. The molecular formula is C17H18N2O3S. The molecule has 4 rings (SSSR count). The molecule has 0 bridgehead atoms. The third-order valence-electron chi connectivity index (χ3n) is 4.49. The van der Waals surface area contributed by atoms with Crippen LogP contribution in [0, 0.1) is 0 Å². The van der Waals surface area contributed by atoms with Gasteiger partial charge in [-0.2, -0.15) is 0 Å². The molecule has 6 heteroatoms. The van der Waals surface area contributed by atoms with Crippen molar-refractivity contribution < 1.29 is 14.6 Å². The Kier molecular flexibility index (Phi) is 3.41. The number of fused-ring (bicyclic) bond motifs is 3. The summed E-state index contributed by atoms with van der Waals surface area (Å²) < 4.78 is 5.15. The van der Waals surface area contributed by atoms with Gasteiger partial charge in [0.05, 0.1) is 12.7 Å². The zero-order valence-corrected chi connectivity index (χ0v) is 13.6. The van der Waals surface area contributed by atoms with Crippen LogP contribution >= 0.6 is 11.3 Å². The van der Waals surface area contributed by atoms with Crippen molar-refractivity contribution in [3.63, 3.8) is 0 Å². The van der Waals surface area contributed by atoms with Gasteiger partial charge in [-0.1, -0.05) is 6.07 Å². The van der Waals surface area contributed by atoms with E-state index < -0.39 is 0 Å². The number of phenolic OH excluding ortho intramolecular Hbond substituents is 1. The second-order valence-corrected chi connectivity index (χ2v) is 7.00. The van der Waals surface area contributed by atoms with Crippen LogP contribution in [0.1, 0.15) is 45.4 Å². The number of rotatable bonds is 2. The van der Waals surface area contributed by atoms with Crippen molar-refractivity contribution in [2.24, 2.45) is 0 Å². The number of ether oxygens (including phenoxy) is 1. The molecule has 1 aromatic carbocycles. The topological polar surface area (TPSA) is 70.6 Å². The van der Waals surface area contributed by atoms with Crippen molar-refractivity contribution in [1.29, 1.82) is 0 Å². The number of hydrogen-bond donors (Lipinski definition) is 3. The summed E-state index contributed by atoms with van der Waals surface area (Å²) in [5, 5.41) is 17.1. The Morgan fingerprint density at radius 1 is 1.26 bits per heavy atom. The number of phenols is 1. The summed E-state index contributed by atoms with van der Waals surface area (Å²) in [5.74, 6) is 0.468. The number of nitrogens with one attached hydrogen (secondary N) is 2. The van der Waals surface area contributed by atoms with Gasteiger partial charge < -0.3 is 20.5 Å². The lowest BCUT2D eigenvalue weighted by molar-refractivity contribution is 0.0935. The normalized spacial score (nSPS) is 19.3. The molecule has 5 nitrogen and oxygen atoms in total. The third kappa shape index (κ3) is 2.34. The number of hydrogen-bond acceptors (Lipinski definition) is 5. The molecule has 1 amide bonds. The number of benzene rings is 1. The lowest BCUT2D eigenvalue weighted by atomic mass is 9.94. The lowest BCUT2D eigenvalue weighted by Crippen LogP contribution is -2.38. The number of carbonyl (C=O) groups excluding carboxylic acids is 1. The van der Waals surface area contributed by atoms with Crippen LogP contribution in [0.2, 0.25) is 0 Å². The highest BCUT2D eigenvalue weighted by Crippen LogP contribution is 2.42. The minimum atomic E-state index is -0.315. The standard InChI is InChI=1S/C17H18N2O3S/c1-22-12-8-9(6-7-11(12)20)15-18-16(21)14-10-4-2-3-5-13(10)23-17(14)19-15/h6-8,15,19-20H,2-5H2,1H3,(H,18,21). The number of amides is 1. The van der Waals surface area contributed by atoms with Gasteiger partial charge in [0.25, 0.3) is 5.91 Å². The van der Waals surface area contributed by atoms with Gasteiger partial charge in [0.1, 0.15) is 11.2 Å². The van der Waals surface area contributed by atoms with E-state index in [1.165, 1.54) is 24.0 Å². The van der Waals surface area contributed by atoms with E-state index in [1.54, 1.807) is 29.5 Å². The highest BCUT2D eigenvalue weighted by molar-refractivity contribution is 7.16. The molecule has 3 N–H and O–H groups in total. The van der Waals surface area contributed by atoms with Gasteiger partial charge in [-0.3, -0.25) is 4.79 Å². The molecule has 23 heavy (non-hydrogen) atoms. The van der Waals surface area contributed by atoms with Gasteiger partial charge in [0.2, 0.25) is 0 Å².